The first-order chi connectivity index (χ1) is 9.75. The molecule has 0 aromatic heterocycles. The smallest absolute Gasteiger partial charge is 0.265 e. The summed E-state index contributed by atoms with van der Waals surface area (Å²) in [5, 5.41) is 10.4. The summed E-state index contributed by atoms with van der Waals surface area (Å²) in [4.78, 5) is 13.7. The topological polar surface area (TPSA) is 49.8 Å². The number of aliphatic hydroxyl groups excluding tert-OH is 1. The molecule has 0 bridgehead atoms. The highest BCUT2D eigenvalue weighted by Gasteiger charge is 2.30. The molecule has 0 spiro atoms. The maximum absolute atomic E-state index is 12.1. The Labute approximate surface area is 119 Å². The molecule has 1 N–H and O–H groups in total. The third-order valence-electron chi connectivity index (χ3n) is 4.37. The van der Waals surface area contributed by atoms with Gasteiger partial charge in [0.05, 0.1) is 18.3 Å². The second-order valence-electron chi connectivity index (χ2n) is 5.73. The van der Waals surface area contributed by atoms with Crippen LogP contribution in [0.3, 0.4) is 0 Å². The van der Waals surface area contributed by atoms with Gasteiger partial charge in [-0.1, -0.05) is 31.4 Å². The molecule has 2 aliphatic rings. The summed E-state index contributed by atoms with van der Waals surface area (Å²) in [6.07, 6.45) is 5.35. The van der Waals surface area contributed by atoms with E-state index in [2.05, 4.69) is 0 Å². The van der Waals surface area contributed by atoms with Crippen LogP contribution in [-0.4, -0.2) is 30.3 Å². The summed E-state index contributed by atoms with van der Waals surface area (Å²) in [5.74, 6) is 0.980. The minimum absolute atomic E-state index is 0.0639. The molecule has 1 aromatic rings. The Bertz CT molecular complexity index is 482. The molecule has 1 unspecified atom stereocenters. The lowest BCUT2D eigenvalue weighted by molar-refractivity contribution is -0.121. The average Bonchev–Trinajstić information content (AvgIpc) is 2.51. The van der Waals surface area contributed by atoms with Crippen molar-refractivity contribution >= 4 is 11.6 Å². The molecular weight excluding hydrogens is 254 g/mol. The van der Waals surface area contributed by atoms with Crippen molar-refractivity contribution in [2.75, 3.05) is 18.1 Å². The average molecular weight is 275 g/mol. The number of hydrogen-bond donors (Lipinski definition) is 1. The Kier molecular flexibility index (Phi) is 3.92. The van der Waals surface area contributed by atoms with Gasteiger partial charge < -0.3 is 14.7 Å². The van der Waals surface area contributed by atoms with E-state index in [0.717, 1.165) is 24.3 Å². The van der Waals surface area contributed by atoms with Gasteiger partial charge in [0, 0.05) is 0 Å². The zero-order chi connectivity index (χ0) is 13.9. The number of rotatable bonds is 3. The lowest BCUT2D eigenvalue weighted by Gasteiger charge is -2.34. The maximum Gasteiger partial charge on any atom is 0.265 e. The van der Waals surface area contributed by atoms with Crippen molar-refractivity contribution in [1.29, 1.82) is 0 Å². The van der Waals surface area contributed by atoms with Gasteiger partial charge in [0.25, 0.3) is 5.91 Å². The normalized spacial score (nSPS) is 21.2. The van der Waals surface area contributed by atoms with Crippen LogP contribution in [0.1, 0.15) is 32.1 Å². The van der Waals surface area contributed by atoms with E-state index in [1.54, 1.807) is 4.90 Å². The van der Waals surface area contributed by atoms with Gasteiger partial charge >= 0.3 is 0 Å². The maximum atomic E-state index is 12.1. The summed E-state index contributed by atoms with van der Waals surface area (Å²) in [6, 6.07) is 7.52. The van der Waals surface area contributed by atoms with Crippen molar-refractivity contribution in [3.63, 3.8) is 0 Å². The van der Waals surface area contributed by atoms with Crippen LogP contribution in [0.5, 0.6) is 5.75 Å². The van der Waals surface area contributed by atoms with Gasteiger partial charge in [0.15, 0.2) is 6.61 Å². The van der Waals surface area contributed by atoms with Gasteiger partial charge in [-0.3, -0.25) is 4.79 Å². The number of nitrogens with zero attached hydrogens (tertiary/aromatic N) is 1. The van der Waals surface area contributed by atoms with Crippen LogP contribution in [0.15, 0.2) is 24.3 Å². The highest BCUT2D eigenvalue weighted by Crippen LogP contribution is 2.33. The lowest BCUT2D eigenvalue weighted by Crippen LogP contribution is -2.45. The first-order valence-electron chi connectivity index (χ1n) is 7.46. The van der Waals surface area contributed by atoms with Crippen LogP contribution in [-0.2, 0) is 4.79 Å². The quantitative estimate of drug-likeness (QED) is 0.921. The van der Waals surface area contributed by atoms with E-state index in [0.29, 0.717) is 12.5 Å². The molecular formula is C16H21NO3. The van der Waals surface area contributed by atoms with Crippen molar-refractivity contribution in [3.8, 4) is 5.75 Å². The highest BCUT2D eigenvalue weighted by molar-refractivity contribution is 5.97. The molecule has 0 radical (unpaired) electrons. The molecule has 0 saturated heterocycles. The molecule has 4 nitrogen and oxygen atoms in total. The molecule has 3 rings (SSSR count). The van der Waals surface area contributed by atoms with E-state index in [-0.39, 0.29) is 12.5 Å². The number of carbonyl (C=O) groups excluding carboxylic acids is 1. The number of aliphatic hydroxyl groups is 1. The Morgan fingerprint density at radius 3 is 2.80 bits per heavy atom. The first kappa shape index (κ1) is 13.4. The predicted octanol–water partition coefficient (Wildman–Crippen LogP) is 2.35. The zero-order valence-electron chi connectivity index (χ0n) is 11.6. The minimum Gasteiger partial charge on any atom is -0.482 e. The van der Waals surface area contributed by atoms with E-state index in [1.165, 1.54) is 19.3 Å². The second-order valence-corrected chi connectivity index (χ2v) is 5.73. The Morgan fingerprint density at radius 2 is 2.00 bits per heavy atom. The molecule has 1 atom stereocenters. The minimum atomic E-state index is -0.439. The lowest BCUT2D eigenvalue weighted by atomic mass is 9.85. The monoisotopic (exact) mass is 275 g/mol. The number of anilines is 1. The van der Waals surface area contributed by atoms with E-state index in [4.69, 9.17) is 4.74 Å². The van der Waals surface area contributed by atoms with E-state index >= 15 is 0 Å². The Morgan fingerprint density at radius 1 is 1.25 bits per heavy atom. The van der Waals surface area contributed by atoms with Gasteiger partial charge in [-0.05, 0) is 30.9 Å². The first-order valence-corrected chi connectivity index (χ1v) is 7.46. The molecule has 108 valence electrons. The summed E-state index contributed by atoms with van der Waals surface area (Å²) in [5.41, 5.74) is 0.776. The fourth-order valence-electron chi connectivity index (χ4n) is 3.21. The molecule has 1 aromatic carbocycles. The number of fused-ring (bicyclic) bond motifs is 1. The van der Waals surface area contributed by atoms with Gasteiger partial charge in [-0.2, -0.15) is 0 Å². The van der Waals surface area contributed by atoms with Crippen LogP contribution in [0, 0.1) is 5.92 Å². The molecule has 20 heavy (non-hydrogen) atoms. The number of para-hydroxylation sites is 2. The van der Waals surface area contributed by atoms with Gasteiger partial charge in [-0.15, -0.1) is 0 Å². The number of amides is 1. The van der Waals surface area contributed by atoms with Crippen LogP contribution < -0.4 is 9.64 Å². The van der Waals surface area contributed by atoms with Crippen molar-refractivity contribution in [3.05, 3.63) is 24.3 Å². The van der Waals surface area contributed by atoms with E-state index in [1.807, 2.05) is 24.3 Å². The van der Waals surface area contributed by atoms with Crippen LogP contribution >= 0.6 is 0 Å². The van der Waals surface area contributed by atoms with Crippen LogP contribution in [0.2, 0.25) is 0 Å². The summed E-state index contributed by atoms with van der Waals surface area (Å²) in [6.45, 7) is 0.443. The number of benzene rings is 1. The fourth-order valence-corrected chi connectivity index (χ4v) is 3.21. The largest absolute Gasteiger partial charge is 0.482 e. The molecule has 1 aliphatic heterocycles. The van der Waals surface area contributed by atoms with Gasteiger partial charge in [0.1, 0.15) is 5.75 Å². The third kappa shape index (κ3) is 2.66. The molecule has 1 aliphatic carbocycles. The molecule has 1 amide bonds. The van der Waals surface area contributed by atoms with Crippen LogP contribution in [0.25, 0.3) is 0 Å². The van der Waals surface area contributed by atoms with Crippen molar-refractivity contribution < 1.29 is 14.6 Å². The number of β-amino-alcohol motifs (C(OH)–C–C–N with tert-alkyl or cyclic N) is 1. The third-order valence-corrected chi connectivity index (χ3v) is 4.37. The Hall–Kier alpha value is -1.55. The zero-order valence-corrected chi connectivity index (χ0v) is 11.6. The Balaban J connectivity index is 1.74. The summed E-state index contributed by atoms with van der Waals surface area (Å²) >= 11 is 0. The van der Waals surface area contributed by atoms with Gasteiger partial charge in [-0.25, -0.2) is 0 Å². The number of ether oxygens (including phenoxy) is 1. The molecule has 1 saturated carbocycles. The molecule has 1 heterocycles. The number of carbonyl (C=O) groups is 1. The summed E-state index contributed by atoms with van der Waals surface area (Å²) in [7, 11) is 0. The predicted molar refractivity (Wildman–Crippen MR) is 76.9 cm³/mol. The standard InChI is InChI=1S/C16H21NO3/c18-14(12-6-2-1-3-7-12)10-17-13-8-4-5-9-15(13)20-11-16(17)19/h4-5,8-9,12,14,18H,1-3,6-7,10-11H2. The van der Waals surface area contributed by atoms with Crippen molar-refractivity contribution in [2.45, 2.75) is 38.2 Å². The van der Waals surface area contributed by atoms with Gasteiger partial charge in [0.2, 0.25) is 0 Å². The SMILES string of the molecule is O=C1COc2ccccc2N1CC(O)C1CCCCC1. The van der Waals surface area contributed by atoms with E-state index < -0.39 is 6.10 Å². The van der Waals surface area contributed by atoms with Crippen LogP contribution in [0.4, 0.5) is 5.69 Å². The van der Waals surface area contributed by atoms with E-state index in [9.17, 15) is 9.90 Å². The molecule has 4 heteroatoms. The fraction of sp³-hybridized carbons (Fsp3) is 0.562. The number of hydrogen-bond acceptors (Lipinski definition) is 3. The van der Waals surface area contributed by atoms with Crippen molar-refractivity contribution in [2.24, 2.45) is 5.92 Å². The van der Waals surface area contributed by atoms with Crippen molar-refractivity contribution in [1.82, 2.24) is 0 Å². The highest BCUT2D eigenvalue weighted by atomic mass is 16.5. The molecule has 1 fully saturated rings. The summed E-state index contributed by atoms with van der Waals surface area (Å²) < 4.78 is 5.42. The second kappa shape index (κ2) is 5.83.